The molecule has 22 heavy (non-hydrogen) atoms. The number of hydrogen-bond donors (Lipinski definition) is 2. The van der Waals surface area contributed by atoms with Crippen LogP contribution in [0.3, 0.4) is 0 Å². The van der Waals surface area contributed by atoms with Gasteiger partial charge in [0, 0.05) is 28.6 Å². The Bertz CT molecular complexity index is 927. The van der Waals surface area contributed by atoms with Gasteiger partial charge in [-0.15, -0.1) is 0 Å². The number of phenolic OH excluding ortho intramolecular Hbond substituents is 1. The topological polar surface area (TPSA) is 83.0 Å². The average Bonchev–Trinajstić information content (AvgIpc) is 2.50. The van der Waals surface area contributed by atoms with Gasteiger partial charge in [0.25, 0.3) is 0 Å². The molecule has 0 saturated heterocycles. The van der Waals surface area contributed by atoms with E-state index in [1.165, 1.54) is 12.1 Å². The molecule has 0 bridgehead atoms. The van der Waals surface area contributed by atoms with E-state index in [9.17, 15) is 15.1 Å². The Labute approximate surface area is 125 Å². The Balaban J connectivity index is 2.27. The zero-order valence-electron chi connectivity index (χ0n) is 11.8. The van der Waals surface area contributed by atoms with Crippen molar-refractivity contribution in [3.8, 4) is 5.75 Å². The van der Waals surface area contributed by atoms with Crippen LogP contribution in [-0.2, 0) is 0 Å². The second kappa shape index (κ2) is 5.37. The fourth-order valence-electron chi connectivity index (χ4n) is 2.41. The third-order valence-electron chi connectivity index (χ3n) is 3.47. The summed E-state index contributed by atoms with van der Waals surface area (Å²) in [6.45, 7) is 1.78. The van der Waals surface area contributed by atoms with E-state index in [1.807, 2.05) is 18.2 Å². The molecule has 1 aromatic heterocycles. The van der Waals surface area contributed by atoms with E-state index in [0.717, 1.165) is 5.56 Å². The van der Waals surface area contributed by atoms with Gasteiger partial charge in [-0.1, -0.05) is 35.5 Å². The Morgan fingerprint density at radius 3 is 2.55 bits per heavy atom. The first-order valence-electron chi connectivity index (χ1n) is 6.65. The predicted molar refractivity (Wildman–Crippen MR) is 82.8 cm³/mol. The van der Waals surface area contributed by atoms with Crippen LogP contribution in [0.2, 0.25) is 0 Å². The van der Waals surface area contributed by atoms with Gasteiger partial charge in [0.15, 0.2) is 0 Å². The number of benzene rings is 2. The molecule has 0 atom stereocenters. The van der Waals surface area contributed by atoms with Gasteiger partial charge in [-0.25, -0.2) is 4.79 Å². The maximum absolute atomic E-state index is 11.4. The van der Waals surface area contributed by atoms with Crippen LogP contribution in [0, 0.1) is 6.92 Å². The normalized spacial score (nSPS) is 11.8. The Hall–Kier alpha value is -3.08. The van der Waals surface area contributed by atoms with Crippen molar-refractivity contribution < 1.29 is 14.7 Å². The first kappa shape index (κ1) is 13.9. The second-order valence-corrected chi connectivity index (χ2v) is 4.93. The summed E-state index contributed by atoms with van der Waals surface area (Å²) >= 11 is 0. The minimum Gasteiger partial charge on any atom is -0.507 e. The standard InChI is InChI=1S/C17H13NO4/c1-10-7-16(20)22-15-9-14(19)13(8-12(10)15)17(18-21)11-5-3-2-4-6-11/h2-9,19,21H,1H3/b18-17+. The summed E-state index contributed by atoms with van der Waals surface area (Å²) in [5, 5.41) is 23.5. The summed E-state index contributed by atoms with van der Waals surface area (Å²) in [4.78, 5) is 11.4. The molecule has 0 unspecified atom stereocenters. The summed E-state index contributed by atoms with van der Waals surface area (Å²) in [5.41, 5.74) is 1.80. The smallest absolute Gasteiger partial charge is 0.336 e. The lowest BCUT2D eigenvalue weighted by Crippen LogP contribution is -2.05. The third-order valence-corrected chi connectivity index (χ3v) is 3.47. The van der Waals surface area contributed by atoms with E-state index in [4.69, 9.17) is 4.42 Å². The van der Waals surface area contributed by atoms with Crippen molar-refractivity contribution in [3.63, 3.8) is 0 Å². The van der Waals surface area contributed by atoms with Crippen molar-refractivity contribution in [2.75, 3.05) is 0 Å². The minimum atomic E-state index is -0.476. The van der Waals surface area contributed by atoms with Gasteiger partial charge in [0.05, 0.1) is 0 Å². The lowest BCUT2D eigenvalue weighted by atomic mass is 9.98. The maximum Gasteiger partial charge on any atom is 0.336 e. The number of nitrogens with zero attached hydrogens (tertiary/aromatic N) is 1. The first-order chi connectivity index (χ1) is 10.6. The van der Waals surface area contributed by atoms with Gasteiger partial charge < -0.3 is 14.7 Å². The van der Waals surface area contributed by atoms with Gasteiger partial charge >= 0.3 is 5.63 Å². The fraction of sp³-hybridized carbons (Fsp3) is 0.0588. The van der Waals surface area contributed by atoms with Crippen LogP contribution in [0.5, 0.6) is 5.75 Å². The lowest BCUT2D eigenvalue weighted by Gasteiger charge is -2.09. The number of rotatable bonds is 2. The minimum absolute atomic E-state index is 0.127. The number of fused-ring (bicyclic) bond motifs is 1. The van der Waals surface area contributed by atoms with E-state index in [0.29, 0.717) is 16.5 Å². The number of aromatic hydroxyl groups is 1. The molecule has 0 aliphatic carbocycles. The first-order valence-corrected chi connectivity index (χ1v) is 6.65. The molecule has 0 aliphatic rings. The van der Waals surface area contributed by atoms with Gasteiger partial charge in [0.1, 0.15) is 17.0 Å². The van der Waals surface area contributed by atoms with Gasteiger partial charge in [-0.2, -0.15) is 0 Å². The van der Waals surface area contributed by atoms with Crippen molar-refractivity contribution >= 4 is 16.7 Å². The molecule has 3 aromatic rings. The summed E-state index contributed by atoms with van der Waals surface area (Å²) < 4.78 is 5.08. The van der Waals surface area contributed by atoms with Crippen molar-refractivity contribution in [3.05, 3.63) is 75.6 Å². The molecule has 5 heteroatoms. The maximum atomic E-state index is 11.4. The molecule has 2 aromatic carbocycles. The van der Waals surface area contributed by atoms with Crippen LogP contribution in [0.4, 0.5) is 0 Å². The highest BCUT2D eigenvalue weighted by Crippen LogP contribution is 2.28. The van der Waals surface area contributed by atoms with E-state index >= 15 is 0 Å². The Morgan fingerprint density at radius 2 is 1.86 bits per heavy atom. The molecule has 0 spiro atoms. The van der Waals surface area contributed by atoms with Crippen LogP contribution in [0.15, 0.2) is 62.9 Å². The number of hydrogen-bond acceptors (Lipinski definition) is 5. The molecule has 1 heterocycles. The summed E-state index contributed by atoms with van der Waals surface area (Å²) in [7, 11) is 0. The van der Waals surface area contributed by atoms with Crippen LogP contribution in [0.1, 0.15) is 16.7 Å². The van der Waals surface area contributed by atoms with Gasteiger partial charge in [-0.3, -0.25) is 0 Å². The van der Waals surface area contributed by atoms with Crippen LogP contribution in [0.25, 0.3) is 11.0 Å². The predicted octanol–water partition coefficient (Wildman–Crippen LogP) is 3.03. The summed E-state index contributed by atoms with van der Waals surface area (Å²) in [6, 6.07) is 13.4. The summed E-state index contributed by atoms with van der Waals surface area (Å²) in [5.74, 6) is -0.127. The Morgan fingerprint density at radius 1 is 1.14 bits per heavy atom. The molecule has 0 fully saturated rings. The molecule has 0 radical (unpaired) electrons. The molecule has 2 N–H and O–H groups in total. The summed E-state index contributed by atoms with van der Waals surface area (Å²) in [6.07, 6.45) is 0. The Kier molecular flexibility index (Phi) is 3.39. The molecule has 110 valence electrons. The molecular weight excluding hydrogens is 282 g/mol. The third kappa shape index (κ3) is 2.33. The molecule has 0 amide bonds. The van der Waals surface area contributed by atoms with Gasteiger partial charge in [-0.05, 0) is 18.6 Å². The highest BCUT2D eigenvalue weighted by molar-refractivity contribution is 6.15. The van der Waals surface area contributed by atoms with Crippen LogP contribution in [-0.4, -0.2) is 16.0 Å². The number of oxime groups is 1. The largest absolute Gasteiger partial charge is 0.507 e. The molecule has 0 aliphatic heterocycles. The molecule has 5 nitrogen and oxygen atoms in total. The second-order valence-electron chi connectivity index (χ2n) is 4.93. The fourth-order valence-corrected chi connectivity index (χ4v) is 2.41. The van der Waals surface area contributed by atoms with E-state index in [-0.39, 0.29) is 17.0 Å². The van der Waals surface area contributed by atoms with E-state index in [1.54, 1.807) is 25.1 Å². The zero-order valence-corrected chi connectivity index (χ0v) is 11.8. The highest BCUT2D eigenvalue weighted by atomic mass is 16.4. The van der Waals surface area contributed by atoms with Crippen LogP contribution >= 0.6 is 0 Å². The molecule has 3 rings (SSSR count). The van der Waals surface area contributed by atoms with Crippen molar-refractivity contribution in [2.24, 2.45) is 5.16 Å². The monoisotopic (exact) mass is 295 g/mol. The van der Waals surface area contributed by atoms with E-state index in [2.05, 4.69) is 5.16 Å². The SMILES string of the molecule is Cc1cc(=O)oc2cc(O)c(/C(=N/O)c3ccccc3)cc12. The molecular formula is C17H13NO4. The van der Waals surface area contributed by atoms with Gasteiger partial charge in [0.2, 0.25) is 0 Å². The number of aryl methyl sites for hydroxylation is 1. The van der Waals surface area contributed by atoms with Crippen LogP contribution < -0.4 is 5.63 Å². The van der Waals surface area contributed by atoms with Crippen molar-refractivity contribution in [1.29, 1.82) is 0 Å². The molecule has 0 saturated carbocycles. The quantitative estimate of drug-likeness (QED) is 0.329. The van der Waals surface area contributed by atoms with E-state index < -0.39 is 5.63 Å². The highest BCUT2D eigenvalue weighted by Gasteiger charge is 2.15. The van der Waals surface area contributed by atoms with Crippen molar-refractivity contribution in [1.82, 2.24) is 0 Å². The van der Waals surface area contributed by atoms with Crippen molar-refractivity contribution in [2.45, 2.75) is 6.92 Å². The lowest BCUT2D eigenvalue weighted by molar-refractivity contribution is 0.319. The zero-order chi connectivity index (χ0) is 15.7. The average molecular weight is 295 g/mol. The number of phenols is 1.